The maximum atomic E-state index is 12.2. The van der Waals surface area contributed by atoms with Crippen LogP contribution in [0.2, 0.25) is 0 Å². The van der Waals surface area contributed by atoms with Gasteiger partial charge in [-0.05, 0) is 56.0 Å². The monoisotopic (exact) mass is 412 g/mol. The first-order valence-corrected chi connectivity index (χ1v) is 10.0. The lowest BCUT2D eigenvalue weighted by Crippen LogP contribution is -2.45. The Morgan fingerprint density at radius 3 is 2.50 bits per heavy atom. The second kappa shape index (κ2) is 9.07. The van der Waals surface area contributed by atoms with Gasteiger partial charge in [0.25, 0.3) is 0 Å². The summed E-state index contributed by atoms with van der Waals surface area (Å²) in [7, 11) is 0.500. The van der Waals surface area contributed by atoms with Crippen LogP contribution in [0.3, 0.4) is 0 Å². The number of hydrogen-bond donors (Lipinski definition) is 4. The number of piperidine rings is 1. The van der Waals surface area contributed by atoms with Crippen LogP contribution in [-0.4, -0.2) is 40.2 Å². The number of rotatable bonds is 4. The van der Waals surface area contributed by atoms with E-state index in [1.807, 2.05) is 17.0 Å². The second-order valence-electron chi connectivity index (χ2n) is 7.71. The molecule has 160 valence electrons. The van der Waals surface area contributed by atoms with Gasteiger partial charge in [0.2, 0.25) is 5.91 Å². The Balaban J connectivity index is 0.00000124. The molecule has 2 unspecified atom stereocenters. The highest BCUT2D eigenvalue weighted by Gasteiger charge is 2.43. The number of carbonyl (C=O) groups is 1. The number of phenols is 1. The predicted molar refractivity (Wildman–Crippen MR) is 118 cm³/mol. The number of para-hydroxylation sites is 1. The Kier molecular flexibility index (Phi) is 6.50. The molecule has 2 fully saturated rings. The number of halogens is 1. The Labute approximate surface area is 176 Å². The van der Waals surface area contributed by atoms with Gasteiger partial charge in [0.1, 0.15) is 11.6 Å². The number of aromatic hydroxyl groups is 1. The van der Waals surface area contributed by atoms with Crippen molar-refractivity contribution in [2.75, 3.05) is 12.9 Å². The van der Waals surface area contributed by atoms with Crippen molar-refractivity contribution in [3.63, 3.8) is 0 Å². The van der Waals surface area contributed by atoms with Gasteiger partial charge in [-0.2, -0.15) is 0 Å². The van der Waals surface area contributed by atoms with Crippen molar-refractivity contribution in [1.29, 1.82) is 0 Å². The summed E-state index contributed by atoms with van der Waals surface area (Å²) < 4.78 is 9.50. The third-order valence-electron chi connectivity index (χ3n) is 6.03. The van der Waals surface area contributed by atoms with Crippen LogP contribution in [0.25, 0.3) is 11.8 Å². The SMILES string of the molecule is C=CC(=O)N1C2CCC1CC(c1cc(/C=C(\N)c3ccccc3O)c(N)[nH]1)C2.CF. The molecule has 6 nitrogen and oxygen atoms in total. The van der Waals surface area contributed by atoms with Gasteiger partial charge >= 0.3 is 0 Å². The largest absolute Gasteiger partial charge is 0.507 e. The van der Waals surface area contributed by atoms with Crippen LogP contribution >= 0.6 is 0 Å². The Bertz CT molecular complexity index is 938. The molecule has 0 spiro atoms. The first kappa shape index (κ1) is 21.5. The van der Waals surface area contributed by atoms with Gasteiger partial charge in [-0.15, -0.1) is 0 Å². The standard InChI is InChI=1S/C22H26N4O2.CH3F/c1-2-21(28)26-15-7-8-16(26)10-13(9-15)19-12-14(22(24)25-19)11-18(23)17-5-3-4-6-20(17)27;1-2/h2-6,11-13,15-16,25,27H,1,7-10,23-24H2;1H3/b18-11-;. The summed E-state index contributed by atoms with van der Waals surface area (Å²) in [4.78, 5) is 17.5. The summed E-state index contributed by atoms with van der Waals surface area (Å²) in [5, 5.41) is 9.99. The zero-order valence-corrected chi connectivity index (χ0v) is 17.1. The number of aromatic amines is 1. The highest BCUT2D eigenvalue weighted by Crippen LogP contribution is 2.43. The number of H-pyrrole nitrogens is 1. The van der Waals surface area contributed by atoms with Crippen LogP contribution in [0.5, 0.6) is 5.75 Å². The maximum absolute atomic E-state index is 12.2. The van der Waals surface area contributed by atoms with Crippen LogP contribution in [0.15, 0.2) is 43.0 Å². The normalized spacial score (nSPS) is 22.9. The lowest BCUT2D eigenvalue weighted by Gasteiger charge is -2.38. The predicted octanol–water partition coefficient (Wildman–Crippen LogP) is 3.77. The fraction of sp³-hybridized carbons (Fsp3) is 0.348. The zero-order chi connectivity index (χ0) is 21.8. The van der Waals surface area contributed by atoms with E-state index in [1.165, 1.54) is 6.08 Å². The van der Waals surface area contributed by atoms with E-state index < -0.39 is 0 Å². The quantitative estimate of drug-likeness (QED) is 0.573. The van der Waals surface area contributed by atoms with Gasteiger partial charge in [-0.25, -0.2) is 0 Å². The van der Waals surface area contributed by atoms with Crippen LogP contribution < -0.4 is 11.5 Å². The Morgan fingerprint density at radius 2 is 1.90 bits per heavy atom. The summed E-state index contributed by atoms with van der Waals surface area (Å²) in [5.74, 6) is 1.07. The van der Waals surface area contributed by atoms with E-state index in [0.29, 0.717) is 30.2 Å². The molecule has 2 bridgehead atoms. The van der Waals surface area contributed by atoms with E-state index in [4.69, 9.17) is 11.5 Å². The molecule has 2 aliphatic rings. The first-order chi connectivity index (χ1) is 14.5. The third kappa shape index (κ3) is 4.06. The summed E-state index contributed by atoms with van der Waals surface area (Å²) in [6.07, 6.45) is 7.15. The summed E-state index contributed by atoms with van der Waals surface area (Å²) in [5.41, 5.74) is 15.3. The number of amides is 1. The number of fused-ring (bicyclic) bond motifs is 2. The van der Waals surface area contributed by atoms with E-state index in [2.05, 4.69) is 11.6 Å². The molecule has 1 aromatic carbocycles. The fourth-order valence-corrected chi connectivity index (χ4v) is 4.71. The van der Waals surface area contributed by atoms with Crippen molar-refractivity contribution in [2.45, 2.75) is 43.7 Å². The van der Waals surface area contributed by atoms with Crippen molar-refractivity contribution < 1.29 is 14.3 Å². The van der Waals surface area contributed by atoms with E-state index in [1.54, 1.807) is 24.3 Å². The molecule has 3 heterocycles. The number of alkyl halides is 1. The van der Waals surface area contributed by atoms with Crippen molar-refractivity contribution in [1.82, 2.24) is 9.88 Å². The van der Waals surface area contributed by atoms with Crippen LogP contribution in [0, 0.1) is 0 Å². The van der Waals surface area contributed by atoms with Crippen molar-refractivity contribution in [3.05, 3.63) is 59.8 Å². The van der Waals surface area contributed by atoms with Crippen LogP contribution in [-0.2, 0) is 4.79 Å². The number of benzene rings is 1. The molecule has 2 atom stereocenters. The molecule has 0 saturated carbocycles. The minimum absolute atomic E-state index is 0.0380. The maximum Gasteiger partial charge on any atom is 0.246 e. The average Bonchev–Trinajstić information content (AvgIpc) is 3.25. The lowest BCUT2D eigenvalue weighted by molar-refractivity contribution is -0.130. The lowest BCUT2D eigenvalue weighted by atomic mass is 9.88. The molecule has 1 amide bonds. The number of nitrogens with zero attached hydrogens (tertiary/aromatic N) is 1. The molecule has 0 aliphatic carbocycles. The topological polar surface area (TPSA) is 108 Å². The van der Waals surface area contributed by atoms with E-state index in [9.17, 15) is 14.3 Å². The second-order valence-corrected chi connectivity index (χ2v) is 7.71. The minimum atomic E-state index is 0.0380. The van der Waals surface area contributed by atoms with Crippen LogP contribution in [0.4, 0.5) is 10.2 Å². The Hall–Kier alpha value is -3.22. The number of nitrogens with one attached hydrogen (secondary N) is 1. The molecular formula is C23H29FN4O2. The number of phenolic OH excluding ortho intramolecular Hbond substituents is 1. The van der Waals surface area contributed by atoms with Crippen molar-refractivity contribution >= 4 is 23.5 Å². The summed E-state index contributed by atoms with van der Waals surface area (Å²) in [6, 6.07) is 9.54. The number of aromatic nitrogens is 1. The first-order valence-electron chi connectivity index (χ1n) is 10.0. The minimum Gasteiger partial charge on any atom is -0.507 e. The third-order valence-corrected chi connectivity index (χ3v) is 6.03. The summed E-state index contributed by atoms with van der Waals surface area (Å²) >= 11 is 0. The van der Waals surface area contributed by atoms with E-state index in [-0.39, 0.29) is 23.7 Å². The zero-order valence-electron chi connectivity index (χ0n) is 17.1. The van der Waals surface area contributed by atoms with E-state index in [0.717, 1.165) is 36.9 Å². The summed E-state index contributed by atoms with van der Waals surface area (Å²) in [6.45, 7) is 3.63. The molecule has 2 aliphatic heterocycles. The van der Waals surface area contributed by atoms with Crippen LogP contribution in [0.1, 0.15) is 48.4 Å². The highest BCUT2D eigenvalue weighted by atomic mass is 19.1. The number of anilines is 1. The highest BCUT2D eigenvalue weighted by molar-refractivity contribution is 5.88. The molecule has 4 rings (SSSR count). The van der Waals surface area contributed by atoms with Gasteiger partial charge in [0.15, 0.2) is 0 Å². The van der Waals surface area contributed by atoms with Gasteiger partial charge in [-0.3, -0.25) is 9.18 Å². The number of nitrogen functional groups attached to an aromatic ring is 1. The van der Waals surface area contributed by atoms with Gasteiger partial charge in [0.05, 0.1) is 7.18 Å². The average molecular weight is 413 g/mol. The molecule has 30 heavy (non-hydrogen) atoms. The number of carbonyl (C=O) groups excluding carboxylic acids is 1. The van der Waals surface area contributed by atoms with Gasteiger partial charge in [0, 0.05) is 40.5 Å². The number of hydrogen-bond acceptors (Lipinski definition) is 4. The van der Waals surface area contributed by atoms with Gasteiger partial charge < -0.3 is 26.5 Å². The number of nitrogens with two attached hydrogens (primary N) is 2. The molecular weight excluding hydrogens is 383 g/mol. The Morgan fingerprint density at radius 1 is 1.27 bits per heavy atom. The molecule has 2 saturated heterocycles. The molecule has 1 aromatic heterocycles. The molecule has 7 heteroatoms. The van der Waals surface area contributed by atoms with Crippen molar-refractivity contribution in [3.8, 4) is 5.75 Å². The van der Waals surface area contributed by atoms with E-state index >= 15 is 0 Å². The molecule has 0 radical (unpaired) electrons. The fourth-order valence-electron chi connectivity index (χ4n) is 4.71. The smallest absolute Gasteiger partial charge is 0.246 e. The van der Waals surface area contributed by atoms with Gasteiger partial charge in [-0.1, -0.05) is 18.7 Å². The molecule has 6 N–H and O–H groups in total. The van der Waals surface area contributed by atoms with Crippen molar-refractivity contribution in [2.24, 2.45) is 5.73 Å². The molecule has 2 aromatic rings.